The van der Waals surface area contributed by atoms with Gasteiger partial charge in [0.15, 0.2) is 16.5 Å². The van der Waals surface area contributed by atoms with Crippen molar-refractivity contribution in [1.82, 2.24) is 25.0 Å². The number of carbonyl (C=O) groups excluding carboxylic acids is 2. The first-order valence-electron chi connectivity index (χ1n) is 10.4. The predicted octanol–water partition coefficient (Wildman–Crippen LogP) is 1.92. The van der Waals surface area contributed by atoms with E-state index in [9.17, 15) is 28.3 Å². The number of rotatable bonds is 5. The molecule has 12 heteroatoms. The minimum atomic E-state index is -0.841. The van der Waals surface area contributed by atoms with E-state index in [4.69, 9.17) is 0 Å². The minimum absolute atomic E-state index is 0.00830. The Labute approximate surface area is 196 Å². The largest absolute Gasteiger partial charge is 0.503 e. The van der Waals surface area contributed by atoms with Crippen LogP contribution in [0.4, 0.5) is 8.78 Å². The second kappa shape index (κ2) is 8.93. The smallest absolute Gasteiger partial charge is 0.275 e. The summed E-state index contributed by atoms with van der Waals surface area (Å²) in [5, 5.41) is 21.7. The fourth-order valence-corrected chi connectivity index (χ4v) is 4.81. The minimum Gasteiger partial charge on any atom is -0.503 e. The van der Waals surface area contributed by atoms with E-state index in [2.05, 4.69) is 15.5 Å². The Kier molecular flexibility index (Phi) is 6.17. The molecule has 1 aromatic carbocycles. The summed E-state index contributed by atoms with van der Waals surface area (Å²) in [7, 11) is 1.46. The molecule has 34 heavy (non-hydrogen) atoms. The van der Waals surface area contributed by atoms with Crippen LogP contribution in [0.1, 0.15) is 34.9 Å². The number of likely N-dealkylation sites (N-methyl/N-ethyl adjacent to an activating group) is 1. The van der Waals surface area contributed by atoms with Crippen LogP contribution in [0.5, 0.6) is 5.75 Å². The van der Waals surface area contributed by atoms with E-state index >= 15 is 0 Å². The van der Waals surface area contributed by atoms with E-state index in [1.165, 1.54) is 28.8 Å². The molecule has 1 unspecified atom stereocenters. The van der Waals surface area contributed by atoms with Crippen molar-refractivity contribution in [3.63, 3.8) is 0 Å². The van der Waals surface area contributed by atoms with Crippen LogP contribution in [0.2, 0.25) is 0 Å². The van der Waals surface area contributed by atoms with Crippen LogP contribution in [0.25, 0.3) is 10.6 Å². The normalized spacial score (nSPS) is 15.5. The van der Waals surface area contributed by atoms with E-state index in [0.717, 1.165) is 23.5 Å². The number of fused-ring (bicyclic) bond motifs is 1. The highest BCUT2D eigenvalue weighted by atomic mass is 32.1. The van der Waals surface area contributed by atoms with Gasteiger partial charge < -0.3 is 19.9 Å². The predicted molar refractivity (Wildman–Crippen MR) is 120 cm³/mol. The van der Waals surface area contributed by atoms with Crippen LogP contribution in [0.3, 0.4) is 0 Å². The molecule has 9 nitrogen and oxygen atoms in total. The second-order valence-corrected chi connectivity index (χ2v) is 9.13. The van der Waals surface area contributed by atoms with Crippen molar-refractivity contribution in [2.75, 3.05) is 7.05 Å². The molecular formula is C22H21F2N5O4S. The number of benzene rings is 1. The summed E-state index contributed by atoms with van der Waals surface area (Å²) in [4.78, 5) is 39.8. The molecule has 1 atom stereocenters. The van der Waals surface area contributed by atoms with Gasteiger partial charge in [-0.1, -0.05) is 17.4 Å². The van der Waals surface area contributed by atoms with E-state index in [0.29, 0.717) is 5.01 Å². The van der Waals surface area contributed by atoms with Crippen LogP contribution in [0, 0.1) is 11.6 Å². The van der Waals surface area contributed by atoms with Crippen molar-refractivity contribution in [2.24, 2.45) is 0 Å². The molecule has 0 bridgehead atoms. The molecule has 4 rings (SSSR count). The first-order chi connectivity index (χ1) is 16.1. The van der Waals surface area contributed by atoms with E-state index < -0.39 is 34.8 Å². The average molecular weight is 490 g/mol. The van der Waals surface area contributed by atoms with Crippen molar-refractivity contribution >= 4 is 23.2 Å². The third-order valence-electron chi connectivity index (χ3n) is 5.56. The molecule has 178 valence electrons. The summed E-state index contributed by atoms with van der Waals surface area (Å²) in [5.41, 5.74) is -0.814. The Morgan fingerprint density at radius 1 is 1.29 bits per heavy atom. The lowest BCUT2D eigenvalue weighted by molar-refractivity contribution is -0.126. The van der Waals surface area contributed by atoms with Crippen LogP contribution in [-0.4, -0.2) is 55.7 Å². The fourth-order valence-electron chi connectivity index (χ4n) is 3.94. The van der Waals surface area contributed by atoms with Gasteiger partial charge in [0, 0.05) is 31.8 Å². The van der Waals surface area contributed by atoms with Crippen molar-refractivity contribution < 1.29 is 23.5 Å². The average Bonchev–Trinajstić information content (AvgIpc) is 3.25. The quantitative estimate of drug-likeness (QED) is 0.566. The number of aromatic hydroxyl groups is 1. The molecule has 1 aliphatic rings. The maximum absolute atomic E-state index is 14.0. The molecule has 3 heterocycles. The van der Waals surface area contributed by atoms with Gasteiger partial charge in [-0.05, 0) is 25.5 Å². The van der Waals surface area contributed by atoms with Crippen molar-refractivity contribution in [2.45, 2.75) is 38.9 Å². The number of pyridine rings is 1. The monoisotopic (exact) mass is 489 g/mol. The summed E-state index contributed by atoms with van der Waals surface area (Å²) >= 11 is 1.00. The van der Waals surface area contributed by atoms with Gasteiger partial charge in [-0.2, -0.15) is 0 Å². The SMILES string of the molecule is CNC(=O)C1Cn2cc(-c3nnc(Cc4ccc(F)cc4F)s3)c(=O)c(O)c2C(=O)N1C(C)C. The van der Waals surface area contributed by atoms with Crippen LogP contribution in [-0.2, 0) is 17.8 Å². The van der Waals surface area contributed by atoms with Gasteiger partial charge in [-0.3, -0.25) is 14.4 Å². The van der Waals surface area contributed by atoms with Gasteiger partial charge in [0.2, 0.25) is 11.3 Å². The van der Waals surface area contributed by atoms with Crippen LogP contribution in [0.15, 0.2) is 29.2 Å². The number of carbonyl (C=O) groups is 2. The lowest BCUT2D eigenvalue weighted by Gasteiger charge is -2.39. The molecule has 2 N–H and O–H groups in total. The van der Waals surface area contributed by atoms with E-state index in [1.54, 1.807) is 13.8 Å². The lowest BCUT2D eigenvalue weighted by atomic mass is 10.1. The third-order valence-corrected chi connectivity index (χ3v) is 6.51. The summed E-state index contributed by atoms with van der Waals surface area (Å²) in [6.07, 6.45) is 1.40. The van der Waals surface area contributed by atoms with Crippen LogP contribution < -0.4 is 10.7 Å². The molecule has 0 spiro atoms. The Hall–Kier alpha value is -3.67. The zero-order valence-electron chi connectivity index (χ0n) is 18.5. The summed E-state index contributed by atoms with van der Waals surface area (Å²) < 4.78 is 28.5. The highest BCUT2D eigenvalue weighted by Gasteiger charge is 2.40. The third kappa shape index (κ3) is 4.04. The molecule has 2 amide bonds. The Morgan fingerprint density at radius 2 is 2.03 bits per heavy atom. The summed E-state index contributed by atoms with van der Waals surface area (Å²) in [6.45, 7) is 3.49. The zero-order chi connectivity index (χ0) is 24.7. The first kappa shape index (κ1) is 23.5. The maximum atomic E-state index is 14.0. The van der Waals surface area contributed by atoms with E-state index in [-0.39, 0.29) is 46.7 Å². The number of aromatic nitrogens is 3. The topological polar surface area (TPSA) is 117 Å². The lowest BCUT2D eigenvalue weighted by Crippen LogP contribution is -2.57. The zero-order valence-corrected chi connectivity index (χ0v) is 19.3. The molecule has 0 saturated carbocycles. The number of halogens is 2. The van der Waals surface area contributed by atoms with Gasteiger partial charge in [0.25, 0.3) is 5.91 Å². The molecule has 0 fully saturated rings. The molecule has 0 radical (unpaired) electrons. The molecular weight excluding hydrogens is 468 g/mol. The van der Waals surface area contributed by atoms with Crippen LogP contribution >= 0.6 is 11.3 Å². The Balaban J connectivity index is 1.74. The Bertz CT molecular complexity index is 1350. The highest BCUT2D eigenvalue weighted by Crippen LogP contribution is 2.30. The molecule has 0 aliphatic carbocycles. The number of hydrogen-bond acceptors (Lipinski definition) is 7. The molecule has 3 aromatic rings. The summed E-state index contributed by atoms with van der Waals surface area (Å²) in [6, 6.07) is 2.01. The van der Waals surface area contributed by atoms with Crippen molar-refractivity contribution in [1.29, 1.82) is 0 Å². The van der Waals surface area contributed by atoms with Gasteiger partial charge >= 0.3 is 0 Å². The van der Waals surface area contributed by atoms with E-state index in [1.807, 2.05) is 0 Å². The first-order valence-corrected chi connectivity index (χ1v) is 11.2. The highest BCUT2D eigenvalue weighted by molar-refractivity contribution is 7.14. The summed E-state index contributed by atoms with van der Waals surface area (Å²) in [5.74, 6) is -3.19. The van der Waals surface area contributed by atoms with Crippen molar-refractivity contribution in [3.8, 4) is 16.3 Å². The number of nitrogens with one attached hydrogen (secondary N) is 1. The fraction of sp³-hybridized carbons (Fsp3) is 0.318. The Morgan fingerprint density at radius 3 is 2.68 bits per heavy atom. The second-order valence-electron chi connectivity index (χ2n) is 8.07. The van der Waals surface area contributed by atoms with Gasteiger partial charge in [0.05, 0.1) is 12.1 Å². The molecule has 0 saturated heterocycles. The molecule has 2 aromatic heterocycles. The molecule has 1 aliphatic heterocycles. The number of hydrogen-bond donors (Lipinski definition) is 2. The van der Waals surface area contributed by atoms with Gasteiger partial charge in [-0.25, -0.2) is 8.78 Å². The van der Waals surface area contributed by atoms with Gasteiger partial charge in [-0.15, -0.1) is 10.2 Å². The van der Waals surface area contributed by atoms with Crippen molar-refractivity contribution in [3.05, 3.63) is 62.5 Å². The number of nitrogens with zero attached hydrogens (tertiary/aromatic N) is 4. The van der Waals surface area contributed by atoms with Gasteiger partial charge in [0.1, 0.15) is 22.7 Å². The maximum Gasteiger partial charge on any atom is 0.275 e. The number of amides is 2. The standard InChI is InChI=1S/C22H21F2N5O4S/c1-10(2)29-15(20(32)25-3)9-28-8-13(18(30)19(31)17(28)22(29)33)21-27-26-16(34-21)6-11-4-5-12(23)7-14(11)24/h4-5,7-8,10,15,31H,6,9H2,1-3H3,(H,25,32).